The molecule has 0 amide bonds. The lowest BCUT2D eigenvalue weighted by Crippen LogP contribution is -2.15. The fourth-order valence-corrected chi connectivity index (χ4v) is 2.71. The predicted molar refractivity (Wildman–Crippen MR) is 100 cm³/mol. The lowest BCUT2D eigenvalue weighted by molar-refractivity contribution is 0.171. The van der Waals surface area contributed by atoms with E-state index >= 15 is 0 Å². The molecular weight excluding hydrogens is 384 g/mol. The van der Waals surface area contributed by atoms with Crippen LogP contribution in [0.2, 0.25) is 0 Å². The molecule has 6 nitrogen and oxygen atoms in total. The molecule has 1 aliphatic heterocycles. The maximum absolute atomic E-state index is 5.60. The van der Waals surface area contributed by atoms with E-state index in [1.54, 1.807) is 0 Å². The maximum Gasteiger partial charge on any atom is 0.163 e. The predicted octanol–water partition coefficient (Wildman–Crippen LogP) is 4.50. The van der Waals surface area contributed by atoms with Gasteiger partial charge in [-0.1, -0.05) is 15.9 Å². The summed E-state index contributed by atoms with van der Waals surface area (Å²) < 4.78 is 12.2. The Kier molecular flexibility index (Phi) is 4.39. The zero-order valence-electron chi connectivity index (χ0n) is 13.2. The van der Waals surface area contributed by atoms with Gasteiger partial charge < -0.3 is 20.1 Å². The van der Waals surface area contributed by atoms with Gasteiger partial charge in [-0.15, -0.1) is 0 Å². The summed E-state index contributed by atoms with van der Waals surface area (Å²) in [5.74, 6) is 2.89. The number of halogens is 1. The van der Waals surface area contributed by atoms with Gasteiger partial charge in [0.1, 0.15) is 31.2 Å². The molecule has 0 atom stereocenters. The topological polar surface area (TPSA) is 68.3 Å². The quantitative estimate of drug-likeness (QED) is 0.674. The number of rotatable bonds is 4. The summed E-state index contributed by atoms with van der Waals surface area (Å²) in [5.41, 5.74) is 1.82. The van der Waals surface area contributed by atoms with E-state index in [4.69, 9.17) is 9.47 Å². The minimum atomic E-state index is 0.561. The molecule has 0 radical (unpaired) electrons. The average Bonchev–Trinajstić information content (AvgIpc) is 2.64. The molecule has 2 heterocycles. The molecule has 2 N–H and O–H groups in total. The summed E-state index contributed by atoms with van der Waals surface area (Å²) in [7, 11) is 0. The molecule has 3 aromatic rings. The molecule has 0 bridgehead atoms. The van der Waals surface area contributed by atoms with Crippen LogP contribution < -0.4 is 20.1 Å². The van der Waals surface area contributed by atoms with E-state index in [1.807, 2.05) is 48.5 Å². The van der Waals surface area contributed by atoms with E-state index in [0.717, 1.165) is 27.3 Å². The van der Waals surface area contributed by atoms with Crippen LogP contribution in [0.5, 0.6) is 11.5 Å². The third kappa shape index (κ3) is 3.83. The highest BCUT2D eigenvalue weighted by molar-refractivity contribution is 9.10. The molecule has 126 valence electrons. The van der Waals surface area contributed by atoms with Crippen molar-refractivity contribution in [3.63, 3.8) is 0 Å². The van der Waals surface area contributed by atoms with Crippen molar-refractivity contribution < 1.29 is 9.47 Å². The summed E-state index contributed by atoms with van der Waals surface area (Å²) in [6.07, 6.45) is 1.52. The molecule has 7 heteroatoms. The minimum absolute atomic E-state index is 0.561. The highest BCUT2D eigenvalue weighted by Crippen LogP contribution is 2.33. The standard InChI is InChI=1S/C18H15BrN4O2/c19-12-1-3-13(4-2-12)22-17-10-18(21-11-20-17)23-14-5-6-15-16(9-14)25-8-7-24-15/h1-6,9-11H,7-8H2,(H2,20,21,22,23). The highest BCUT2D eigenvalue weighted by Gasteiger charge is 2.12. The Labute approximate surface area is 153 Å². The first-order valence-electron chi connectivity index (χ1n) is 7.77. The molecule has 2 aromatic carbocycles. The number of ether oxygens (including phenoxy) is 2. The highest BCUT2D eigenvalue weighted by atomic mass is 79.9. The van der Waals surface area contributed by atoms with Crippen molar-refractivity contribution in [3.05, 3.63) is 59.3 Å². The molecular formula is C18H15BrN4O2. The first-order chi connectivity index (χ1) is 12.3. The number of hydrogen-bond acceptors (Lipinski definition) is 6. The van der Waals surface area contributed by atoms with Crippen LogP contribution in [-0.2, 0) is 0 Å². The minimum Gasteiger partial charge on any atom is -0.486 e. The number of anilines is 4. The van der Waals surface area contributed by atoms with Gasteiger partial charge >= 0.3 is 0 Å². The van der Waals surface area contributed by atoms with Crippen LogP contribution in [0.4, 0.5) is 23.0 Å². The number of aromatic nitrogens is 2. The van der Waals surface area contributed by atoms with Crippen LogP contribution in [0, 0.1) is 0 Å². The maximum atomic E-state index is 5.60. The van der Waals surface area contributed by atoms with Crippen LogP contribution in [-0.4, -0.2) is 23.2 Å². The van der Waals surface area contributed by atoms with E-state index in [-0.39, 0.29) is 0 Å². The van der Waals surface area contributed by atoms with Crippen molar-refractivity contribution >= 4 is 38.9 Å². The van der Waals surface area contributed by atoms with Gasteiger partial charge in [-0.3, -0.25) is 0 Å². The van der Waals surface area contributed by atoms with Crippen molar-refractivity contribution in [1.29, 1.82) is 0 Å². The fraction of sp³-hybridized carbons (Fsp3) is 0.111. The smallest absolute Gasteiger partial charge is 0.163 e. The Morgan fingerprint density at radius 3 is 2.16 bits per heavy atom. The Hall–Kier alpha value is -2.80. The molecule has 0 saturated carbocycles. The summed E-state index contributed by atoms with van der Waals surface area (Å²) in [5, 5.41) is 6.51. The SMILES string of the molecule is Brc1ccc(Nc2cc(Nc3ccc4c(c3)OCCO4)ncn2)cc1. The first-order valence-corrected chi connectivity index (χ1v) is 8.57. The lowest BCUT2D eigenvalue weighted by atomic mass is 10.2. The van der Waals surface area contributed by atoms with Crippen LogP contribution >= 0.6 is 15.9 Å². The summed E-state index contributed by atoms with van der Waals surface area (Å²) in [6, 6.07) is 15.4. The number of hydrogen-bond donors (Lipinski definition) is 2. The van der Waals surface area contributed by atoms with Crippen molar-refractivity contribution in [3.8, 4) is 11.5 Å². The average molecular weight is 399 g/mol. The number of nitrogens with zero attached hydrogens (tertiary/aromatic N) is 2. The van der Waals surface area contributed by atoms with Crippen LogP contribution in [0.25, 0.3) is 0 Å². The van der Waals surface area contributed by atoms with E-state index in [1.165, 1.54) is 6.33 Å². The zero-order chi connectivity index (χ0) is 17.1. The van der Waals surface area contributed by atoms with Crippen molar-refractivity contribution in [1.82, 2.24) is 9.97 Å². The summed E-state index contributed by atoms with van der Waals surface area (Å²) in [4.78, 5) is 8.51. The van der Waals surface area contributed by atoms with Gasteiger partial charge in [-0.25, -0.2) is 9.97 Å². The van der Waals surface area contributed by atoms with E-state index in [2.05, 4.69) is 36.5 Å². The number of benzene rings is 2. The fourth-order valence-electron chi connectivity index (χ4n) is 2.44. The molecule has 0 unspecified atom stereocenters. The van der Waals surface area contributed by atoms with Crippen molar-refractivity contribution in [2.75, 3.05) is 23.8 Å². The van der Waals surface area contributed by atoms with E-state index in [9.17, 15) is 0 Å². The van der Waals surface area contributed by atoms with Gasteiger partial charge in [0.25, 0.3) is 0 Å². The van der Waals surface area contributed by atoms with Gasteiger partial charge in [0.15, 0.2) is 11.5 Å². The van der Waals surface area contributed by atoms with E-state index < -0.39 is 0 Å². The molecule has 25 heavy (non-hydrogen) atoms. The molecule has 0 aliphatic carbocycles. The zero-order valence-corrected chi connectivity index (χ0v) is 14.8. The Balaban J connectivity index is 1.50. The first kappa shape index (κ1) is 15.7. The Morgan fingerprint density at radius 1 is 0.760 bits per heavy atom. The normalized spacial score (nSPS) is 12.5. The lowest BCUT2D eigenvalue weighted by Gasteiger charge is -2.19. The number of nitrogens with one attached hydrogen (secondary N) is 2. The van der Waals surface area contributed by atoms with E-state index in [0.29, 0.717) is 24.8 Å². The molecule has 0 saturated heterocycles. The van der Waals surface area contributed by atoms with Gasteiger partial charge in [0, 0.05) is 28.0 Å². The summed E-state index contributed by atoms with van der Waals surface area (Å²) >= 11 is 3.42. The van der Waals surface area contributed by atoms with Gasteiger partial charge in [-0.05, 0) is 36.4 Å². The van der Waals surface area contributed by atoms with Crippen LogP contribution in [0.15, 0.2) is 59.3 Å². The Morgan fingerprint density at radius 2 is 1.40 bits per heavy atom. The molecule has 0 spiro atoms. The molecule has 1 aliphatic rings. The number of fused-ring (bicyclic) bond motifs is 1. The van der Waals surface area contributed by atoms with Crippen LogP contribution in [0.1, 0.15) is 0 Å². The van der Waals surface area contributed by atoms with Crippen LogP contribution in [0.3, 0.4) is 0 Å². The molecule has 4 rings (SSSR count). The largest absolute Gasteiger partial charge is 0.486 e. The second-order valence-corrected chi connectivity index (χ2v) is 6.32. The van der Waals surface area contributed by atoms with Crippen molar-refractivity contribution in [2.45, 2.75) is 0 Å². The third-order valence-corrected chi connectivity index (χ3v) is 4.13. The van der Waals surface area contributed by atoms with Gasteiger partial charge in [-0.2, -0.15) is 0 Å². The summed E-state index contributed by atoms with van der Waals surface area (Å²) in [6.45, 7) is 1.14. The Bertz CT molecular complexity index is 886. The molecule has 0 fully saturated rings. The second kappa shape index (κ2) is 6.98. The van der Waals surface area contributed by atoms with Gasteiger partial charge in [0.2, 0.25) is 0 Å². The van der Waals surface area contributed by atoms with Crippen molar-refractivity contribution in [2.24, 2.45) is 0 Å². The van der Waals surface area contributed by atoms with Gasteiger partial charge in [0.05, 0.1) is 0 Å². The second-order valence-electron chi connectivity index (χ2n) is 5.40. The monoisotopic (exact) mass is 398 g/mol. The molecule has 1 aromatic heterocycles. The third-order valence-electron chi connectivity index (χ3n) is 3.60.